The Morgan fingerprint density at radius 1 is 1.20 bits per heavy atom. The molecular formula is C20H21BrN2O2. The van der Waals surface area contributed by atoms with Crippen LogP contribution in [0.25, 0.3) is 0 Å². The Morgan fingerprint density at radius 3 is 2.60 bits per heavy atom. The van der Waals surface area contributed by atoms with E-state index in [1.165, 1.54) is 5.56 Å². The average molecular weight is 401 g/mol. The minimum absolute atomic E-state index is 0.0532. The molecule has 0 bridgehead atoms. The summed E-state index contributed by atoms with van der Waals surface area (Å²) in [6.45, 7) is 2.90. The summed E-state index contributed by atoms with van der Waals surface area (Å²) >= 11 is 3.48. The van der Waals surface area contributed by atoms with E-state index in [-0.39, 0.29) is 12.5 Å². The van der Waals surface area contributed by atoms with Crippen molar-refractivity contribution >= 4 is 21.8 Å². The number of carbonyl (C=O) groups excluding carboxylic acids is 1. The van der Waals surface area contributed by atoms with Crippen LogP contribution in [-0.4, -0.2) is 24.0 Å². The van der Waals surface area contributed by atoms with Gasteiger partial charge in [0.1, 0.15) is 5.75 Å². The lowest BCUT2D eigenvalue weighted by Gasteiger charge is -2.22. The fraction of sp³-hybridized carbons (Fsp3) is 0.300. The lowest BCUT2D eigenvalue weighted by atomic mass is 10.2. The summed E-state index contributed by atoms with van der Waals surface area (Å²) in [6.07, 6.45) is 1.24. The summed E-state index contributed by atoms with van der Waals surface area (Å²) in [4.78, 5) is 14.2. The van der Waals surface area contributed by atoms with Crippen LogP contribution < -0.4 is 4.74 Å². The van der Waals surface area contributed by atoms with Crippen molar-refractivity contribution in [2.24, 2.45) is 0 Å². The van der Waals surface area contributed by atoms with E-state index in [1.54, 1.807) is 4.90 Å². The maximum Gasteiger partial charge on any atom is 0.260 e. The van der Waals surface area contributed by atoms with Crippen molar-refractivity contribution < 1.29 is 9.53 Å². The Bertz CT molecular complexity index is 741. The molecule has 2 rings (SSSR count). The van der Waals surface area contributed by atoms with Gasteiger partial charge in [-0.15, -0.1) is 0 Å². The van der Waals surface area contributed by atoms with E-state index in [1.807, 2.05) is 48.5 Å². The fourth-order valence-corrected chi connectivity index (χ4v) is 2.93. The zero-order chi connectivity index (χ0) is 18.1. The number of rotatable bonds is 8. The SMILES string of the molecule is CCc1ccc(OCC(=O)N(CCC#N)Cc2ccccc2)c(Br)c1. The van der Waals surface area contributed by atoms with Gasteiger partial charge in [0.15, 0.2) is 6.61 Å². The highest BCUT2D eigenvalue weighted by atomic mass is 79.9. The van der Waals surface area contributed by atoms with Gasteiger partial charge in [-0.2, -0.15) is 5.26 Å². The van der Waals surface area contributed by atoms with Crippen LogP contribution in [0, 0.1) is 11.3 Å². The normalized spacial score (nSPS) is 10.1. The molecule has 0 heterocycles. The maximum atomic E-state index is 12.5. The van der Waals surface area contributed by atoms with Crippen LogP contribution in [0.2, 0.25) is 0 Å². The molecule has 0 saturated heterocycles. The molecule has 0 radical (unpaired) electrons. The maximum absolute atomic E-state index is 12.5. The van der Waals surface area contributed by atoms with Crippen LogP contribution in [0.3, 0.4) is 0 Å². The topological polar surface area (TPSA) is 53.3 Å². The first kappa shape index (κ1) is 19.0. The van der Waals surface area contributed by atoms with Gasteiger partial charge in [0, 0.05) is 13.1 Å². The van der Waals surface area contributed by atoms with Crippen molar-refractivity contribution in [3.63, 3.8) is 0 Å². The van der Waals surface area contributed by atoms with E-state index in [9.17, 15) is 4.79 Å². The molecule has 5 heteroatoms. The molecule has 0 aliphatic carbocycles. The molecule has 0 atom stereocenters. The summed E-state index contributed by atoms with van der Waals surface area (Å²) < 4.78 is 6.51. The van der Waals surface area contributed by atoms with Gasteiger partial charge in [0.05, 0.1) is 17.0 Å². The van der Waals surface area contributed by atoms with Gasteiger partial charge in [-0.1, -0.05) is 43.3 Å². The summed E-state index contributed by atoms with van der Waals surface area (Å²) in [6, 6.07) is 17.7. The molecular weight excluding hydrogens is 380 g/mol. The lowest BCUT2D eigenvalue weighted by molar-refractivity contribution is -0.133. The van der Waals surface area contributed by atoms with Crippen molar-refractivity contribution in [3.8, 4) is 11.8 Å². The zero-order valence-corrected chi connectivity index (χ0v) is 15.8. The molecule has 0 aromatic heterocycles. The number of halogens is 1. The summed E-state index contributed by atoms with van der Waals surface area (Å²) in [5, 5.41) is 8.83. The van der Waals surface area contributed by atoms with Crippen LogP contribution in [-0.2, 0) is 17.8 Å². The van der Waals surface area contributed by atoms with E-state index in [0.29, 0.717) is 25.3 Å². The fourth-order valence-electron chi connectivity index (χ4n) is 2.39. The van der Waals surface area contributed by atoms with Gasteiger partial charge in [0.2, 0.25) is 0 Å². The van der Waals surface area contributed by atoms with E-state index in [0.717, 1.165) is 16.5 Å². The largest absolute Gasteiger partial charge is 0.483 e. The first-order valence-electron chi connectivity index (χ1n) is 8.24. The number of benzene rings is 2. The van der Waals surface area contributed by atoms with Gasteiger partial charge < -0.3 is 9.64 Å². The van der Waals surface area contributed by atoms with Crippen molar-refractivity contribution in [2.75, 3.05) is 13.2 Å². The van der Waals surface area contributed by atoms with Crippen LogP contribution >= 0.6 is 15.9 Å². The number of ether oxygens (including phenoxy) is 1. The molecule has 0 spiro atoms. The third-order valence-corrected chi connectivity index (χ3v) is 4.44. The smallest absolute Gasteiger partial charge is 0.260 e. The van der Waals surface area contributed by atoms with E-state index in [2.05, 4.69) is 28.9 Å². The monoisotopic (exact) mass is 400 g/mol. The summed E-state index contributed by atoms with van der Waals surface area (Å²) in [5.41, 5.74) is 2.23. The second-order valence-electron chi connectivity index (χ2n) is 5.62. The number of nitriles is 1. The minimum atomic E-state index is -0.134. The molecule has 1 amide bonds. The van der Waals surface area contributed by atoms with Gasteiger partial charge in [-0.3, -0.25) is 4.79 Å². The number of nitrogens with zero attached hydrogens (tertiary/aromatic N) is 2. The van der Waals surface area contributed by atoms with E-state index in [4.69, 9.17) is 10.00 Å². The number of hydrogen-bond acceptors (Lipinski definition) is 3. The third kappa shape index (κ3) is 5.91. The van der Waals surface area contributed by atoms with Crippen molar-refractivity contribution in [2.45, 2.75) is 26.3 Å². The number of amides is 1. The number of carbonyl (C=O) groups is 1. The molecule has 0 aliphatic heterocycles. The van der Waals surface area contributed by atoms with Crippen LogP contribution in [0.4, 0.5) is 0 Å². The molecule has 0 N–H and O–H groups in total. The molecule has 0 unspecified atom stereocenters. The predicted molar refractivity (Wildman–Crippen MR) is 101 cm³/mol. The average Bonchev–Trinajstić information content (AvgIpc) is 2.64. The molecule has 0 aliphatic rings. The van der Waals surface area contributed by atoms with Crippen molar-refractivity contribution in [1.82, 2.24) is 4.90 Å². The highest BCUT2D eigenvalue weighted by Gasteiger charge is 2.15. The second kappa shape index (κ2) is 9.85. The predicted octanol–water partition coefficient (Wildman–Crippen LogP) is 4.33. The standard InChI is InChI=1S/C20H21BrN2O2/c1-2-16-9-10-19(18(21)13-16)25-15-20(24)23(12-6-11-22)14-17-7-4-3-5-8-17/h3-5,7-10,13H,2,6,12,14-15H2,1H3. The third-order valence-electron chi connectivity index (χ3n) is 3.82. The van der Waals surface area contributed by atoms with Gasteiger partial charge in [0.25, 0.3) is 5.91 Å². The van der Waals surface area contributed by atoms with Crippen molar-refractivity contribution in [3.05, 3.63) is 64.1 Å². The van der Waals surface area contributed by atoms with Crippen molar-refractivity contribution in [1.29, 1.82) is 5.26 Å². The lowest BCUT2D eigenvalue weighted by Crippen LogP contribution is -2.35. The first-order chi connectivity index (χ1) is 12.1. The quantitative estimate of drug-likeness (QED) is 0.662. The Hall–Kier alpha value is -2.32. The number of hydrogen-bond donors (Lipinski definition) is 0. The highest BCUT2D eigenvalue weighted by Crippen LogP contribution is 2.26. The molecule has 2 aromatic rings. The summed E-state index contributed by atoms with van der Waals surface area (Å²) in [5.74, 6) is 0.510. The molecule has 130 valence electrons. The van der Waals surface area contributed by atoms with E-state index >= 15 is 0 Å². The minimum Gasteiger partial charge on any atom is -0.483 e. The molecule has 4 nitrogen and oxygen atoms in total. The molecule has 0 saturated carbocycles. The second-order valence-corrected chi connectivity index (χ2v) is 6.47. The summed E-state index contributed by atoms with van der Waals surface area (Å²) in [7, 11) is 0. The zero-order valence-electron chi connectivity index (χ0n) is 14.2. The van der Waals surface area contributed by atoms with Crippen LogP contribution in [0.5, 0.6) is 5.75 Å². The Morgan fingerprint density at radius 2 is 1.96 bits per heavy atom. The van der Waals surface area contributed by atoms with Gasteiger partial charge in [-0.05, 0) is 45.6 Å². The molecule has 0 fully saturated rings. The number of aryl methyl sites for hydroxylation is 1. The Balaban J connectivity index is 2.00. The highest BCUT2D eigenvalue weighted by molar-refractivity contribution is 9.10. The molecule has 25 heavy (non-hydrogen) atoms. The van der Waals surface area contributed by atoms with Gasteiger partial charge >= 0.3 is 0 Å². The Labute approximate surface area is 157 Å². The van der Waals surface area contributed by atoms with Crippen LogP contribution in [0.15, 0.2) is 53.0 Å². The van der Waals surface area contributed by atoms with Crippen LogP contribution in [0.1, 0.15) is 24.5 Å². The molecule has 2 aromatic carbocycles. The first-order valence-corrected chi connectivity index (χ1v) is 9.03. The van der Waals surface area contributed by atoms with Gasteiger partial charge in [-0.25, -0.2) is 0 Å². The van der Waals surface area contributed by atoms with E-state index < -0.39 is 0 Å². The Kier molecular flexibility index (Phi) is 7.49.